The van der Waals surface area contributed by atoms with Gasteiger partial charge in [-0.2, -0.15) is 11.8 Å². The van der Waals surface area contributed by atoms with Crippen LogP contribution in [0.4, 0.5) is 0 Å². The molecular weight excluding hydrogens is 362 g/mol. The normalized spacial score (nSPS) is 19.9. The molecule has 1 heterocycles. The number of aryl methyl sites for hydroxylation is 1. The van der Waals surface area contributed by atoms with Crippen molar-refractivity contribution in [2.75, 3.05) is 5.75 Å². The summed E-state index contributed by atoms with van der Waals surface area (Å²) in [7, 11) is 0. The van der Waals surface area contributed by atoms with Gasteiger partial charge in [0.15, 0.2) is 0 Å². The van der Waals surface area contributed by atoms with E-state index in [1.165, 1.54) is 36.8 Å². The number of aliphatic hydroxyl groups excluding tert-OH is 1. The van der Waals surface area contributed by atoms with Crippen LogP contribution in [0.25, 0.3) is 0 Å². The maximum Gasteiger partial charge on any atom is 0.0669 e. The highest BCUT2D eigenvalue weighted by Crippen LogP contribution is 2.31. The molecule has 0 aliphatic carbocycles. The molecule has 3 rings (SSSR count). The molecule has 0 aromatic heterocycles. The maximum absolute atomic E-state index is 9.34. The molecule has 0 spiro atoms. The molecule has 2 aromatic carbocycles. The molecule has 3 atom stereocenters. The summed E-state index contributed by atoms with van der Waals surface area (Å²) in [5.41, 5.74) is 8.88. The van der Waals surface area contributed by atoms with Crippen LogP contribution in [-0.2, 0) is 6.42 Å². The third-order valence-electron chi connectivity index (χ3n) is 5.31. The Kier molecular flexibility index (Phi) is 10.7. The SMILES string of the molecule is CC(C)C1SCCC1O.NC(CCCCCc1ccccc1)c1ccccc1. The summed E-state index contributed by atoms with van der Waals surface area (Å²) >= 11 is 1.91. The Morgan fingerprint density at radius 3 is 2.14 bits per heavy atom. The molecule has 2 nitrogen and oxygen atoms in total. The Hall–Kier alpha value is -1.29. The van der Waals surface area contributed by atoms with Crippen molar-refractivity contribution in [3.05, 3.63) is 71.8 Å². The molecular formula is C25H37NOS. The van der Waals surface area contributed by atoms with Crippen LogP contribution >= 0.6 is 11.8 Å². The number of aliphatic hydroxyl groups is 1. The fourth-order valence-electron chi connectivity index (χ4n) is 3.62. The second kappa shape index (κ2) is 13.0. The van der Waals surface area contributed by atoms with Crippen LogP contribution in [0, 0.1) is 5.92 Å². The van der Waals surface area contributed by atoms with Crippen LogP contribution in [0.15, 0.2) is 60.7 Å². The summed E-state index contributed by atoms with van der Waals surface area (Å²) in [5.74, 6) is 1.77. The van der Waals surface area contributed by atoms with Gasteiger partial charge in [0.2, 0.25) is 0 Å². The molecule has 1 fully saturated rings. The van der Waals surface area contributed by atoms with Crippen molar-refractivity contribution in [3.8, 4) is 0 Å². The van der Waals surface area contributed by atoms with E-state index in [1.54, 1.807) is 0 Å². The maximum atomic E-state index is 9.34. The molecule has 0 radical (unpaired) electrons. The summed E-state index contributed by atoms with van der Waals surface area (Å²) in [4.78, 5) is 0. The third kappa shape index (κ3) is 8.38. The van der Waals surface area contributed by atoms with E-state index in [2.05, 4.69) is 68.4 Å². The predicted molar refractivity (Wildman–Crippen MR) is 124 cm³/mol. The van der Waals surface area contributed by atoms with Crippen molar-refractivity contribution in [1.29, 1.82) is 0 Å². The zero-order valence-corrected chi connectivity index (χ0v) is 18.3. The summed E-state index contributed by atoms with van der Waals surface area (Å²) < 4.78 is 0. The van der Waals surface area contributed by atoms with Crippen molar-refractivity contribution in [2.45, 2.75) is 69.8 Å². The van der Waals surface area contributed by atoms with Gasteiger partial charge in [-0.25, -0.2) is 0 Å². The van der Waals surface area contributed by atoms with Crippen molar-refractivity contribution < 1.29 is 5.11 Å². The second-order valence-electron chi connectivity index (χ2n) is 8.04. The van der Waals surface area contributed by atoms with E-state index < -0.39 is 0 Å². The monoisotopic (exact) mass is 399 g/mol. The van der Waals surface area contributed by atoms with E-state index in [9.17, 15) is 5.11 Å². The van der Waals surface area contributed by atoms with Gasteiger partial charge < -0.3 is 10.8 Å². The molecule has 0 amide bonds. The summed E-state index contributed by atoms with van der Waals surface area (Å²) in [6.45, 7) is 4.35. The lowest BCUT2D eigenvalue weighted by molar-refractivity contribution is 0.161. The van der Waals surface area contributed by atoms with E-state index in [0.29, 0.717) is 11.2 Å². The molecule has 3 N–H and O–H groups in total. The lowest BCUT2D eigenvalue weighted by Gasteiger charge is -2.16. The molecule has 0 bridgehead atoms. The Bertz CT molecular complexity index is 632. The highest BCUT2D eigenvalue weighted by molar-refractivity contribution is 8.00. The number of benzene rings is 2. The fourth-order valence-corrected chi connectivity index (χ4v) is 5.01. The lowest BCUT2D eigenvalue weighted by Crippen LogP contribution is -2.22. The van der Waals surface area contributed by atoms with Gasteiger partial charge in [0, 0.05) is 11.3 Å². The van der Waals surface area contributed by atoms with E-state index in [0.717, 1.165) is 18.6 Å². The van der Waals surface area contributed by atoms with E-state index in [-0.39, 0.29) is 12.1 Å². The number of hydrogen-bond acceptors (Lipinski definition) is 3. The summed E-state index contributed by atoms with van der Waals surface area (Å²) in [5, 5.41) is 9.84. The zero-order chi connectivity index (χ0) is 20.2. The zero-order valence-electron chi connectivity index (χ0n) is 17.5. The van der Waals surface area contributed by atoms with Crippen molar-refractivity contribution in [3.63, 3.8) is 0 Å². The number of rotatable bonds is 8. The first-order valence-electron chi connectivity index (χ1n) is 10.7. The van der Waals surface area contributed by atoms with Gasteiger partial charge in [-0.15, -0.1) is 0 Å². The van der Waals surface area contributed by atoms with Gasteiger partial charge in [-0.05, 0) is 48.5 Å². The van der Waals surface area contributed by atoms with Gasteiger partial charge in [0.25, 0.3) is 0 Å². The third-order valence-corrected chi connectivity index (χ3v) is 7.03. The Morgan fingerprint density at radius 1 is 0.964 bits per heavy atom. The molecule has 28 heavy (non-hydrogen) atoms. The van der Waals surface area contributed by atoms with Crippen LogP contribution in [-0.4, -0.2) is 22.2 Å². The van der Waals surface area contributed by atoms with Gasteiger partial charge in [0.05, 0.1) is 6.10 Å². The van der Waals surface area contributed by atoms with Crippen LogP contribution in [0.2, 0.25) is 0 Å². The Labute approximate surface area is 175 Å². The Morgan fingerprint density at radius 2 is 1.61 bits per heavy atom. The van der Waals surface area contributed by atoms with E-state index in [1.807, 2.05) is 17.8 Å². The van der Waals surface area contributed by atoms with Gasteiger partial charge in [0.1, 0.15) is 0 Å². The molecule has 2 aromatic rings. The molecule has 1 aliphatic heterocycles. The number of hydrogen-bond donors (Lipinski definition) is 2. The topological polar surface area (TPSA) is 46.2 Å². The smallest absolute Gasteiger partial charge is 0.0669 e. The molecule has 3 heteroatoms. The largest absolute Gasteiger partial charge is 0.392 e. The number of thioether (sulfide) groups is 1. The van der Waals surface area contributed by atoms with Crippen molar-refractivity contribution >= 4 is 11.8 Å². The minimum absolute atomic E-state index is 0.0324. The first kappa shape index (κ1) is 23.0. The van der Waals surface area contributed by atoms with Crippen molar-refractivity contribution in [2.24, 2.45) is 11.7 Å². The number of unbranched alkanes of at least 4 members (excludes halogenated alkanes) is 2. The van der Waals surface area contributed by atoms with Gasteiger partial charge in [-0.3, -0.25) is 0 Å². The lowest BCUT2D eigenvalue weighted by atomic mass is 10.00. The average molecular weight is 400 g/mol. The molecule has 1 saturated heterocycles. The van der Waals surface area contributed by atoms with Crippen LogP contribution < -0.4 is 5.73 Å². The number of nitrogens with two attached hydrogens (primary N) is 1. The first-order valence-corrected chi connectivity index (χ1v) is 11.8. The average Bonchev–Trinajstić information content (AvgIpc) is 3.16. The first-order chi connectivity index (χ1) is 13.6. The minimum atomic E-state index is -0.0324. The Balaban J connectivity index is 0.000000261. The fraction of sp³-hybridized carbons (Fsp3) is 0.520. The van der Waals surface area contributed by atoms with Crippen LogP contribution in [0.1, 0.15) is 63.1 Å². The van der Waals surface area contributed by atoms with Crippen LogP contribution in [0.5, 0.6) is 0 Å². The van der Waals surface area contributed by atoms with Crippen LogP contribution in [0.3, 0.4) is 0 Å². The quantitative estimate of drug-likeness (QED) is 0.535. The van der Waals surface area contributed by atoms with Gasteiger partial charge >= 0.3 is 0 Å². The highest BCUT2D eigenvalue weighted by Gasteiger charge is 2.27. The van der Waals surface area contributed by atoms with E-state index >= 15 is 0 Å². The molecule has 154 valence electrons. The second-order valence-corrected chi connectivity index (χ2v) is 9.32. The molecule has 1 aliphatic rings. The summed E-state index contributed by atoms with van der Waals surface area (Å²) in [6.07, 6.45) is 6.95. The van der Waals surface area contributed by atoms with Gasteiger partial charge in [-0.1, -0.05) is 87.4 Å². The standard InChI is InChI=1S/C18H23N.C7H14OS/c19-18(17-13-7-3-8-14-17)15-9-2-6-12-16-10-4-1-5-11-16;1-5(2)7-6(8)3-4-9-7/h1,3-5,7-8,10-11,13-14,18H,2,6,9,12,15,19H2;5-8H,3-4H2,1-2H3. The van der Waals surface area contributed by atoms with E-state index in [4.69, 9.17) is 5.73 Å². The molecule has 0 saturated carbocycles. The van der Waals surface area contributed by atoms with Crippen molar-refractivity contribution in [1.82, 2.24) is 0 Å². The summed E-state index contributed by atoms with van der Waals surface area (Å²) in [6, 6.07) is 21.3. The minimum Gasteiger partial charge on any atom is -0.392 e. The molecule has 3 unspecified atom stereocenters. The highest BCUT2D eigenvalue weighted by atomic mass is 32.2. The predicted octanol–water partition coefficient (Wildman–Crippen LogP) is 6.00.